The van der Waals surface area contributed by atoms with Gasteiger partial charge in [-0.3, -0.25) is 4.79 Å². The molecule has 6 nitrogen and oxygen atoms in total. The van der Waals surface area contributed by atoms with Crippen LogP contribution in [0.15, 0.2) is 0 Å². The fraction of sp³-hybridized carbons (Fsp3) is 0.750. The van der Waals surface area contributed by atoms with Gasteiger partial charge in [-0.2, -0.15) is 0 Å². The number of nitrogens with zero attached hydrogens (tertiary/aromatic N) is 1. The van der Waals surface area contributed by atoms with E-state index in [-0.39, 0.29) is 13.0 Å². The lowest BCUT2D eigenvalue weighted by Crippen LogP contribution is -2.47. The lowest BCUT2D eigenvalue weighted by molar-refractivity contribution is -0.148. The van der Waals surface area contributed by atoms with Gasteiger partial charge in [-0.05, 0) is 6.92 Å². The minimum Gasteiger partial charge on any atom is -0.480 e. The Bertz CT molecular complexity index is 254. The third kappa shape index (κ3) is 2.02. The summed E-state index contributed by atoms with van der Waals surface area (Å²) in [6.45, 7) is 1.54. The van der Waals surface area contributed by atoms with Crippen molar-refractivity contribution in [3.63, 3.8) is 0 Å². The quantitative estimate of drug-likeness (QED) is 0.499. The molecule has 1 amide bonds. The molecule has 0 bridgehead atoms. The molecule has 0 aromatic carbocycles. The highest BCUT2D eigenvalue weighted by Crippen LogP contribution is 2.18. The zero-order chi connectivity index (χ0) is 10.9. The van der Waals surface area contributed by atoms with E-state index in [1.165, 1.54) is 6.92 Å². The first-order valence-electron chi connectivity index (χ1n) is 4.40. The van der Waals surface area contributed by atoms with Crippen molar-refractivity contribution in [2.45, 2.75) is 31.5 Å². The highest BCUT2D eigenvalue weighted by atomic mass is 16.4. The molecule has 6 heteroatoms. The van der Waals surface area contributed by atoms with Gasteiger partial charge < -0.3 is 20.8 Å². The molecular formula is C8H14N2O4. The van der Waals surface area contributed by atoms with Crippen molar-refractivity contribution < 1.29 is 19.8 Å². The Morgan fingerprint density at radius 3 is 2.57 bits per heavy atom. The third-order valence-electron chi connectivity index (χ3n) is 2.24. The molecule has 4 N–H and O–H groups in total. The topological polar surface area (TPSA) is 104 Å². The van der Waals surface area contributed by atoms with E-state index in [0.717, 1.165) is 4.90 Å². The van der Waals surface area contributed by atoms with E-state index in [1.54, 1.807) is 0 Å². The van der Waals surface area contributed by atoms with Crippen LogP contribution in [0.1, 0.15) is 13.3 Å². The van der Waals surface area contributed by atoms with Crippen molar-refractivity contribution >= 4 is 11.9 Å². The maximum atomic E-state index is 11.4. The number of carbonyl (C=O) groups is 2. The van der Waals surface area contributed by atoms with E-state index in [2.05, 4.69) is 0 Å². The Morgan fingerprint density at radius 1 is 1.57 bits per heavy atom. The van der Waals surface area contributed by atoms with Crippen LogP contribution in [0, 0.1) is 0 Å². The average molecular weight is 202 g/mol. The molecule has 1 fully saturated rings. The lowest BCUT2D eigenvalue weighted by atomic mass is 10.2. The summed E-state index contributed by atoms with van der Waals surface area (Å²) in [6.07, 6.45) is -0.688. The van der Waals surface area contributed by atoms with Gasteiger partial charge in [-0.1, -0.05) is 0 Å². The zero-order valence-electron chi connectivity index (χ0n) is 7.88. The van der Waals surface area contributed by atoms with Crippen molar-refractivity contribution in [3.05, 3.63) is 0 Å². The Labute approximate surface area is 81.3 Å². The number of likely N-dealkylation sites (tertiary alicyclic amines) is 1. The minimum absolute atomic E-state index is 0.0529. The van der Waals surface area contributed by atoms with Crippen molar-refractivity contribution in [2.24, 2.45) is 5.73 Å². The number of carboxylic acid groups (broad SMARTS) is 1. The molecule has 0 spiro atoms. The molecular weight excluding hydrogens is 188 g/mol. The number of β-amino-alcohol motifs (C(OH)–C–C–N with tert-alkyl or cyclic N) is 1. The summed E-state index contributed by atoms with van der Waals surface area (Å²) in [5, 5.41) is 18.0. The fourth-order valence-electron chi connectivity index (χ4n) is 1.55. The lowest BCUT2D eigenvalue weighted by Gasteiger charge is -2.22. The Morgan fingerprint density at radius 2 is 2.14 bits per heavy atom. The fourth-order valence-corrected chi connectivity index (χ4v) is 1.55. The predicted octanol–water partition coefficient (Wildman–Crippen LogP) is -1.62. The van der Waals surface area contributed by atoms with Gasteiger partial charge in [-0.15, -0.1) is 0 Å². The Hall–Kier alpha value is -1.14. The monoisotopic (exact) mass is 202 g/mol. The number of hydrogen-bond acceptors (Lipinski definition) is 4. The number of hydrogen-bond donors (Lipinski definition) is 3. The van der Waals surface area contributed by atoms with Crippen LogP contribution in [0.4, 0.5) is 0 Å². The smallest absolute Gasteiger partial charge is 0.326 e. The van der Waals surface area contributed by atoms with Gasteiger partial charge in [-0.25, -0.2) is 4.79 Å². The van der Waals surface area contributed by atoms with Gasteiger partial charge in [0.15, 0.2) is 0 Å². The summed E-state index contributed by atoms with van der Waals surface area (Å²) in [7, 11) is 0. The molecule has 3 unspecified atom stereocenters. The molecule has 0 radical (unpaired) electrons. The van der Waals surface area contributed by atoms with Crippen molar-refractivity contribution in [1.82, 2.24) is 4.90 Å². The standard InChI is InChI=1S/C8H14N2O4/c1-4(9)7(12)10-3-5(11)2-6(10)8(13)14/h4-6,11H,2-3,9H2,1H3,(H,13,14). The van der Waals surface area contributed by atoms with Crippen LogP contribution >= 0.6 is 0 Å². The maximum Gasteiger partial charge on any atom is 0.326 e. The average Bonchev–Trinajstić information content (AvgIpc) is 2.45. The second kappa shape index (κ2) is 3.93. The molecule has 80 valence electrons. The SMILES string of the molecule is CC(N)C(=O)N1CC(O)CC1C(=O)O. The first-order chi connectivity index (χ1) is 6.43. The van der Waals surface area contributed by atoms with E-state index in [0.29, 0.717) is 0 Å². The van der Waals surface area contributed by atoms with Gasteiger partial charge in [0.05, 0.1) is 12.1 Å². The molecule has 0 saturated carbocycles. The number of carboxylic acids is 1. The number of nitrogens with two attached hydrogens (primary N) is 1. The van der Waals surface area contributed by atoms with E-state index >= 15 is 0 Å². The zero-order valence-corrected chi connectivity index (χ0v) is 7.88. The van der Waals surface area contributed by atoms with Crippen molar-refractivity contribution in [2.75, 3.05) is 6.54 Å². The molecule has 1 aliphatic heterocycles. The summed E-state index contributed by atoms with van der Waals surface area (Å²) in [5.41, 5.74) is 5.36. The minimum atomic E-state index is -1.10. The number of aliphatic carboxylic acids is 1. The second-order valence-electron chi connectivity index (χ2n) is 3.52. The Kier molecular flexibility index (Phi) is 3.07. The van der Waals surface area contributed by atoms with E-state index in [4.69, 9.17) is 10.8 Å². The van der Waals surface area contributed by atoms with Crippen LogP contribution in [0.5, 0.6) is 0 Å². The summed E-state index contributed by atoms with van der Waals surface area (Å²) in [4.78, 5) is 23.3. The molecule has 0 aromatic heterocycles. The first-order valence-corrected chi connectivity index (χ1v) is 4.40. The third-order valence-corrected chi connectivity index (χ3v) is 2.24. The molecule has 1 aliphatic rings. The first kappa shape index (κ1) is 10.9. The van der Waals surface area contributed by atoms with Gasteiger partial charge in [0, 0.05) is 13.0 Å². The van der Waals surface area contributed by atoms with Crippen LogP contribution in [-0.2, 0) is 9.59 Å². The molecule has 1 saturated heterocycles. The van der Waals surface area contributed by atoms with Gasteiger partial charge in [0.25, 0.3) is 0 Å². The molecule has 3 atom stereocenters. The Balaban J connectivity index is 2.76. The van der Waals surface area contributed by atoms with Gasteiger partial charge >= 0.3 is 5.97 Å². The summed E-state index contributed by atoms with van der Waals surface area (Å²) in [6, 6.07) is -1.68. The number of aliphatic hydroxyl groups is 1. The predicted molar refractivity (Wildman–Crippen MR) is 47.4 cm³/mol. The summed E-state index contributed by atoms with van der Waals surface area (Å²) >= 11 is 0. The van der Waals surface area contributed by atoms with Crippen molar-refractivity contribution in [1.29, 1.82) is 0 Å². The van der Waals surface area contributed by atoms with Crippen LogP contribution in [0.2, 0.25) is 0 Å². The number of carbonyl (C=O) groups excluding carboxylic acids is 1. The van der Waals surface area contributed by atoms with Crippen LogP contribution in [0.25, 0.3) is 0 Å². The van der Waals surface area contributed by atoms with Crippen LogP contribution < -0.4 is 5.73 Å². The van der Waals surface area contributed by atoms with E-state index in [9.17, 15) is 14.7 Å². The van der Waals surface area contributed by atoms with Crippen molar-refractivity contribution in [3.8, 4) is 0 Å². The highest BCUT2D eigenvalue weighted by Gasteiger charge is 2.39. The van der Waals surface area contributed by atoms with Gasteiger partial charge in [0.1, 0.15) is 6.04 Å². The number of aliphatic hydroxyl groups excluding tert-OH is 1. The molecule has 14 heavy (non-hydrogen) atoms. The molecule has 1 heterocycles. The molecule has 0 aromatic rings. The second-order valence-corrected chi connectivity index (χ2v) is 3.52. The molecule has 1 rings (SSSR count). The van der Waals surface area contributed by atoms with E-state index < -0.39 is 30.1 Å². The number of rotatable bonds is 2. The molecule has 0 aliphatic carbocycles. The normalized spacial score (nSPS) is 28.9. The maximum absolute atomic E-state index is 11.4. The van der Waals surface area contributed by atoms with Crippen LogP contribution in [0.3, 0.4) is 0 Å². The largest absolute Gasteiger partial charge is 0.480 e. The summed E-state index contributed by atoms with van der Waals surface area (Å²) in [5.74, 6) is -1.54. The summed E-state index contributed by atoms with van der Waals surface area (Å²) < 4.78 is 0. The highest BCUT2D eigenvalue weighted by molar-refractivity contribution is 5.87. The van der Waals surface area contributed by atoms with Gasteiger partial charge in [0.2, 0.25) is 5.91 Å². The van der Waals surface area contributed by atoms with Crippen LogP contribution in [-0.4, -0.2) is 51.7 Å². The number of amides is 1. The van der Waals surface area contributed by atoms with E-state index in [1.807, 2.05) is 0 Å².